The Morgan fingerprint density at radius 2 is 1.91 bits per heavy atom. The van der Waals surface area contributed by atoms with Gasteiger partial charge in [0, 0.05) is 6.04 Å². The van der Waals surface area contributed by atoms with Crippen LogP contribution in [-0.2, 0) is 16.1 Å². The number of rotatable bonds is 6. The summed E-state index contributed by atoms with van der Waals surface area (Å²) in [5, 5.41) is 3.16. The van der Waals surface area contributed by atoms with Crippen molar-refractivity contribution in [3.8, 4) is 5.75 Å². The number of methoxy groups -OCH3 is 1. The smallest absolute Gasteiger partial charge is 0.249 e. The van der Waals surface area contributed by atoms with Crippen molar-refractivity contribution in [2.24, 2.45) is 0 Å². The first-order valence-electron chi connectivity index (χ1n) is 8.74. The van der Waals surface area contributed by atoms with Gasteiger partial charge >= 0.3 is 0 Å². The molecule has 4 nitrogen and oxygen atoms in total. The number of ether oxygens (including phenoxy) is 2. The number of amides is 1. The normalized spacial score (nSPS) is 17.8. The lowest BCUT2D eigenvalue weighted by Crippen LogP contribution is -2.41. The van der Waals surface area contributed by atoms with Gasteiger partial charge in [0.05, 0.1) is 13.7 Å². The molecule has 1 saturated carbocycles. The molecular formula is C19H29NO3. The van der Waals surface area contributed by atoms with Crippen LogP contribution >= 0.6 is 0 Å². The quantitative estimate of drug-likeness (QED) is 0.867. The molecule has 1 fully saturated rings. The Kier molecular flexibility index (Phi) is 7.40. The van der Waals surface area contributed by atoms with E-state index in [1.165, 1.54) is 32.1 Å². The molecule has 1 amide bonds. The van der Waals surface area contributed by atoms with E-state index in [-0.39, 0.29) is 5.91 Å². The van der Waals surface area contributed by atoms with E-state index in [9.17, 15) is 4.79 Å². The van der Waals surface area contributed by atoms with Gasteiger partial charge < -0.3 is 14.8 Å². The molecule has 1 aromatic rings. The van der Waals surface area contributed by atoms with Crippen molar-refractivity contribution in [3.05, 3.63) is 29.8 Å². The van der Waals surface area contributed by atoms with Crippen molar-refractivity contribution in [3.63, 3.8) is 0 Å². The largest absolute Gasteiger partial charge is 0.497 e. The molecule has 4 heteroatoms. The molecule has 0 heterocycles. The molecule has 0 radical (unpaired) electrons. The third kappa shape index (κ3) is 6.22. The summed E-state index contributed by atoms with van der Waals surface area (Å²) in [4.78, 5) is 12.3. The number of carbonyl (C=O) groups is 1. The molecule has 0 bridgehead atoms. The summed E-state index contributed by atoms with van der Waals surface area (Å²) in [6.45, 7) is 2.23. The molecule has 128 valence electrons. The van der Waals surface area contributed by atoms with Crippen LogP contribution in [0.15, 0.2) is 24.3 Å². The van der Waals surface area contributed by atoms with E-state index in [2.05, 4.69) is 5.32 Å². The van der Waals surface area contributed by atoms with E-state index in [1.807, 2.05) is 31.2 Å². The summed E-state index contributed by atoms with van der Waals surface area (Å²) >= 11 is 0. The first-order valence-corrected chi connectivity index (χ1v) is 8.74. The second-order valence-electron chi connectivity index (χ2n) is 6.36. The second-order valence-corrected chi connectivity index (χ2v) is 6.36. The highest BCUT2D eigenvalue weighted by Gasteiger charge is 2.19. The molecule has 1 N–H and O–H groups in total. The lowest BCUT2D eigenvalue weighted by molar-refractivity contribution is -0.133. The predicted octanol–water partition coefficient (Wildman–Crippen LogP) is 3.83. The molecule has 0 aromatic heterocycles. The van der Waals surface area contributed by atoms with Gasteiger partial charge in [-0.05, 0) is 37.5 Å². The van der Waals surface area contributed by atoms with Crippen LogP contribution in [-0.4, -0.2) is 25.2 Å². The highest BCUT2D eigenvalue weighted by atomic mass is 16.5. The van der Waals surface area contributed by atoms with Crippen LogP contribution in [0.4, 0.5) is 0 Å². The molecule has 1 aliphatic carbocycles. The summed E-state index contributed by atoms with van der Waals surface area (Å²) in [5.41, 5.74) is 1.01. The summed E-state index contributed by atoms with van der Waals surface area (Å²) in [6.07, 6.45) is 8.08. The monoisotopic (exact) mass is 319 g/mol. The lowest BCUT2D eigenvalue weighted by atomic mass is 9.96. The van der Waals surface area contributed by atoms with Crippen molar-refractivity contribution < 1.29 is 14.3 Å². The van der Waals surface area contributed by atoms with E-state index >= 15 is 0 Å². The maximum atomic E-state index is 12.3. The maximum Gasteiger partial charge on any atom is 0.249 e. The third-order valence-electron chi connectivity index (χ3n) is 4.45. The highest BCUT2D eigenvalue weighted by molar-refractivity contribution is 5.80. The first kappa shape index (κ1) is 17.8. The number of hydrogen-bond acceptors (Lipinski definition) is 3. The topological polar surface area (TPSA) is 47.6 Å². The predicted molar refractivity (Wildman–Crippen MR) is 91.5 cm³/mol. The fourth-order valence-corrected chi connectivity index (χ4v) is 2.98. The van der Waals surface area contributed by atoms with Crippen molar-refractivity contribution in [2.75, 3.05) is 7.11 Å². The van der Waals surface area contributed by atoms with Crippen LogP contribution < -0.4 is 10.1 Å². The number of benzene rings is 1. The van der Waals surface area contributed by atoms with E-state index < -0.39 is 6.10 Å². The molecular weight excluding hydrogens is 290 g/mol. The number of hydrogen-bond donors (Lipinski definition) is 1. The van der Waals surface area contributed by atoms with Gasteiger partial charge in [-0.2, -0.15) is 0 Å². The molecule has 2 rings (SSSR count). The Balaban J connectivity index is 1.77. The fourth-order valence-electron chi connectivity index (χ4n) is 2.98. The van der Waals surface area contributed by atoms with Gasteiger partial charge in [0.15, 0.2) is 0 Å². The van der Waals surface area contributed by atoms with E-state index in [1.54, 1.807) is 7.11 Å². The van der Waals surface area contributed by atoms with Crippen LogP contribution in [0, 0.1) is 0 Å². The van der Waals surface area contributed by atoms with Crippen LogP contribution in [0.3, 0.4) is 0 Å². The van der Waals surface area contributed by atoms with Gasteiger partial charge in [0.1, 0.15) is 11.9 Å². The standard InChI is InChI=1S/C19H29NO3/c1-15(23-14-16-9-8-12-18(13-16)22-2)19(21)20-17-10-6-4-3-5-7-11-17/h8-9,12-13,15,17H,3-7,10-11,14H2,1-2H3,(H,20,21). The number of nitrogens with one attached hydrogen (secondary N) is 1. The molecule has 0 aliphatic heterocycles. The Morgan fingerprint density at radius 1 is 1.22 bits per heavy atom. The van der Waals surface area contributed by atoms with Crippen molar-refractivity contribution in [1.82, 2.24) is 5.32 Å². The molecule has 0 spiro atoms. The fraction of sp³-hybridized carbons (Fsp3) is 0.632. The third-order valence-corrected chi connectivity index (χ3v) is 4.45. The molecule has 23 heavy (non-hydrogen) atoms. The average Bonchev–Trinajstić information content (AvgIpc) is 2.55. The summed E-state index contributed by atoms with van der Waals surface area (Å²) < 4.78 is 10.9. The minimum absolute atomic E-state index is 0.00142. The van der Waals surface area contributed by atoms with Crippen LogP contribution in [0.2, 0.25) is 0 Å². The molecule has 0 saturated heterocycles. The zero-order chi connectivity index (χ0) is 16.5. The van der Waals surface area contributed by atoms with E-state index in [0.717, 1.165) is 24.2 Å². The summed E-state index contributed by atoms with van der Waals surface area (Å²) in [7, 11) is 1.64. The molecule has 1 aliphatic rings. The Hall–Kier alpha value is -1.55. The van der Waals surface area contributed by atoms with Crippen molar-refractivity contribution >= 4 is 5.91 Å². The van der Waals surface area contributed by atoms with Gasteiger partial charge in [-0.1, -0.05) is 44.2 Å². The van der Waals surface area contributed by atoms with Gasteiger partial charge in [-0.25, -0.2) is 0 Å². The lowest BCUT2D eigenvalue weighted by Gasteiger charge is -2.23. The van der Waals surface area contributed by atoms with Gasteiger partial charge in [0.2, 0.25) is 5.91 Å². The SMILES string of the molecule is COc1cccc(COC(C)C(=O)NC2CCCCCCC2)c1. The average molecular weight is 319 g/mol. The van der Waals surface area contributed by atoms with E-state index in [0.29, 0.717) is 12.6 Å². The van der Waals surface area contributed by atoms with Gasteiger partial charge in [-0.15, -0.1) is 0 Å². The Morgan fingerprint density at radius 3 is 2.61 bits per heavy atom. The highest BCUT2D eigenvalue weighted by Crippen LogP contribution is 2.18. The van der Waals surface area contributed by atoms with Crippen LogP contribution in [0.5, 0.6) is 5.75 Å². The Bertz CT molecular complexity index is 481. The minimum atomic E-state index is -0.438. The number of carbonyl (C=O) groups excluding carboxylic acids is 1. The van der Waals surface area contributed by atoms with Crippen LogP contribution in [0.1, 0.15) is 57.4 Å². The summed E-state index contributed by atoms with van der Waals surface area (Å²) in [5.74, 6) is 0.802. The van der Waals surface area contributed by atoms with Crippen molar-refractivity contribution in [1.29, 1.82) is 0 Å². The Labute approximate surface area is 139 Å². The van der Waals surface area contributed by atoms with Crippen molar-refractivity contribution in [2.45, 2.75) is 70.6 Å². The minimum Gasteiger partial charge on any atom is -0.497 e. The van der Waals surface area contributed by atoms with E-state index in [4.69, 9.17) is 9.47 Å². The van der Waals surface area contributed by atoms with Crippen LogP contribution in [0.25, 0.3) is 0 Å². The second kappa shape index (κ2) is 9.56. The first-order chi connectivity index (χ1) is 11.2. The zero-order valence-electron chi connectivity index (χ0n) is 14.3. The maximum absolute atomic E-state index is 12.3. The summed E-state index contributed by atoms with van der Waals surface area (Å²) in [6, 6.07) is 8.04. The molecule has 1 aromatic carbocycles. The van der Waals surface area contributed by atoms with Gasteiger partial charge in [-0.3, -0.25) is 4.79 Å². The molecule has 1 atom stereocenters. The molecule has 1 unspecified atom stereocenters. The van der Waals surface area contributed by atoms with Gasteiger partial charge in [0.25, 0.3) is 0 Å². The zero-order valence-corrected chi connectivity index (χ0v) is 14.3.